The lowest BCUT2D eigenvalue weighted by Crippen LogP contribution is -2.28. The monoisotopic (exact) mass is 464 g/mol. The van der Waals surface area contributed by atoms with Gasteiger partial charge in [-0.1, -0.05) is 0 Å². The number of aromatic nitrogens is 2. The molecule has 3 rings (SSSR count). The van der Waals surface area contributed by atoms with Gasteiger partial charge in [0, 0.05) is 25.1 Å². The molecule has 1 aromatic carbocycles. The van der Waals surface area contributed by atoms with E-state index in [0.717, 1.165) is 29.8 Å². The Kier molecular flexibility index (Phi) is 6.45. The molecule has 0 aliphatic heterocycles. The van der Waals surface area contributed by atoms with Crippen molar-refractivity contribution in [3.8, 4) is 0 Å². The first kappa shape index (κ1) is 23.9. The van der Waals surface area contributed by atoms with Crippen molar-refractivity contribution in [2.75, 3.05) is 5.32 Å². The molecule has 1 fully saturated rings. The van der Waals surface area contributed by atoms with Crippen LogP contribution in [-0.2, 0) is 12.7 Å². The standard InChI is InChI=1S/C20H22F6N4O2/c1-10-15(20(24,25)26)16(30(29-10)9-11-4-6-19(22,23)7-5-11)18(32)28-12-2-3-14(21)13(8-12)17(27)31/h2-3,8,11,18,28,32H,4-7,9H2,1H3,(H2,27,31). The van der Waals surface area contributed by atoms with Crippen LogP contribution >= 0.6 is 0 Å². The molecule has 32 heavy (non-hydrogen) atoms. The third kappa shape index (κ3) is 5.17. The molecular formula is C20H22F6N4O2. The molecule has 0 saturated heterocycles. The van der Waals surface area contributed by atoms with Gasteiger partial charge in [-0.05, 0) is 43.9 Å². The number of halogens is 6. The first-order valence-electron chi connectivity index (χ1n) is 9.85. The van der Waals surface area contributed by atoms with Crippen molar-refractivity contribution in [1.82, 2.24) is 9.78 Å². The molecule has 1 aromatic heterocycles. The summed E-state index contributed by atoms with van der Waals surface area (Å²) in [5.74, 6) is -5.15. The highest BCUT2D eigenvalue weighted by Crippen LogP contribution is 2.40. The molecule has 0 radical (unpaired) electrons. The summed E-state index contributed by atoms with van der Waals surface area (Å²) in [4.78, 5) is 11.3. The van der Waals surface area contributed by atoms with Crippen molar-refractivity contribution in [3.05, 3.63) is 46.5 Å². The van der Waals surface area contributed by atoms with E-state index in [1.807, 2.05) is 0 Å². The number of hydrogen-bond donors (Lipinski definition) is 3. The number of carbonyl (C=O) groups is 1. The average Bonchev–Trinajstić information content (AvgIpc) is 3.01. The minimum absolute atomic E-state index is 0.0523. The molecule has 1 atom stereocenters. The summed E-state index contributed by atoms with van der Waals surface area (Å²) in [6, 6.07) is 2.96. The molecule has 1 aliphatic carbocycles. The van der Waals surface area contributed by atoms with Gasteiger partial charge in [0.15, 0.2) is 6.23 Å². The zero-order valence-corrected chi connectivity index (χ0v) is 17.0. The molecule has 2 aromatic rings. The van der Waals surface area contributed by atoms with E-state index in [2.05, 4.69) is 10.4 Å². The number of nitrogens with two attached hydrogens (primary N) is 1. The minimum atomic E-state index is -4.85. The van der Waals surface area contributed by atoms with Crippen LogP contribution in [0, 0.1) is 18.7 Å². The van der Waals surface area contributed by atoms with E-state index < -0.39 is 46.9 Å². The Labute approximate surface area is 179 Å². The topological polar surface area (TPSA) is 93.2 Å². The normalized spacial score (nSPS) is 17.9. The predicted octanol–water partition coefficient (Wildman–Crippen LogP) is 4.38. The Morgan fingerprint density at radius 2 is 1.97 bits per heavy atom. The van der Waals surface area contributed by atoms with Crippen LogP contribution in [-0.4, -0.2) is 26.7 Å². The summed E-state index contributed by atoms with van der Waals surface area (Å²) in [5, 5.41) is 16.9. The van der Waals surface area contributed by atoms with E-state index in [0.29, 0.717) is 0 Å². The lowest BCUT2D eigenvalue weighted by molar-refractivity contribution is -0.139. The number of carbonyl (C=O) groups excluding carboxylic acids is 1. The summed E-state index contributed by atoms with van der Waals surface area (Å²) in [6.07, 6.45) is -7.31. The van der Waals surface area contributed by atoms with Crippen molar-refractivity contribution in [3.63, 3.8) is 0 Å². The van der Waals surface area contributed by atoms with Gasteiger partial charge in [0.25, 0.3) is 5.91 Å². The maximum Gasteiger partial charge on any atom is 0.420 e. The van der Waals surface area contributed by atoms with Gasteiger partial charge in [0.05, 0.1) is 17.0 Å². The Morgan fingerprint density at radius 1 is 1.34 bits per heavy atom. The van der Waals surface area contributed by atoms with Crippen molar-refractivity contribution < 1.29 is 36.2 Å². The molecule has 6 nitrogen and oxygen atoms in total. The number of benzene rings is 1. The fourth-order valence-electron chi connectivity index (χ4n) is 3.92. The molecular weight excluding hydrogens is 442 g/mol. The van der Waals surface area contributed by atoms with Crippen LogP contribution in [0.25, 0.3) is 0 Å². The fourth-order valence-corrected chi connectivity index (χ4v) is 3.92. The number of primary amides is 1. The number of nitrogens with one attached hydrogen (secondary N) is 1. The van der Waals surface area contributed by atoms with Gasteiger partial charge in [-0.2, -0.15) is 18.3 Å². The molecule has 1 aliphatic rings. The lowest BCUT2D eigenvalue weighted by Gasteiger charge is -2.29. The molecule has 1 saturated carbocycles. The maximum atomic E-state index is 13.7. The smallest absolute Gasteiger partial charge is 0.368 e. The number of nitrogens with zero attached hydrogens (tertiary/aromatic N) is 2. The Morgan fingerprint density at radius 3 is 2.53 bits per heavy atom. The molecule has 4 N–H and O–H groups in total. The van der Waals surface area contributed by atoms with E-state index in [9.17, 15) is 36.2 Å². The highest BCUT2D eigenvalue weighted by Gasteiger charge is 2.42. The zero-order valence-electron chi connectivity index (χ0n) is 17.0. The zero-order chi connectivity index (χ0) is 23.8. The Balaban J connectivity index is 1.93. The van der Waals surface area contributed by atoms with Crippen LogP contribution in [0.4, 0.5) is 32.0 Å². The number of hydrogen-bond acceptors (Lipinski definition) is 4. The van der Waals surface area contributed by atoms with Crippen LogP contribution < -0.4 is 11.1 Å². The Bertz CT molecular complexity index is 995. The third-order valence-electron chi connectivity index (χ3n) is 5.51. The summed E-state index contributed by atoms with van der Waals surface area (Å²) < 4.78 is 82.7. The van der Waals surface area contributed by atoms with Crippen LogP contribution in [0.5, 0.6) is 0 Å². The number of amides is 1. The maximum absolute atomic E-state index is 13.7. The van der Waals surface area contributed by atoms with E-state index >= 15 is 0 Å². The van der Waals surface area contributed by atoms with Crippen molar-refractivity contribution in [2.45, 2.75) is 57.5 Å². The van der Waals surface area contributed by atoms with E-state index in [4.69, 9.17) is 5.73 Å². The van der Waals surface area contributed by atoms with Crippen LogP contribution in [0.2, 0.25) is 0 Å². The number of aryl methyl sites for hydroxylation is 1. The average molecular weight is 464 g/mol. The summed E-state index contributed by atoms with van der Waals surface area (Å²) in [6.45, 7) is 1.05. The SMILES string of the molecule is Cc1nn(CC2CCC(F)(F)CC2)c(C(O)Nc2ccc(F)c(C(N)=O)c2)c1C(F)(F)F. The van der Waals surface area contributed by atoms with Gasteiger partial charge in [-0.15, -0.1) is 0 Å². The number of rotatable bonds is 6. The number of aliphatic hydroxyl groups is 1. The number of aliphatic hydroxyl groups excluding tert-OH is 1. The quantitative estimate of drug-likeness (QED) is 0.437. The summed E-state index contributed by atoms with van der Waals surface area (Å²) in [5.41, 5.74) is 2.37. The van der Waals surface area contributed by atoms with E-state index in [1.165, 1.54) is 0 Å². The number of anilines is 1. The lowest BCUT2D eigenvalue weighted by atomic mass is 9.87. The second-order valence-corrected chi connectivity index (χ2v) is 7.93. The van der Waals surface area contributed by atoms with E-state index in [1.54, 1.807) is 0 Å². The van der Waals surface area contributed by atoms with Gasteiger partial charge in [0.2, 0.25) is 5.92 Å². The molecule has 0 bridgehead atoms. The first-order chi connectivity index (χ1) is 14.8. The molecule has 0 spiro atoms. The van der Waals surface area contributed by atoms with Crippen molar-refractivity contribution >= 4 is 11.6 Å². The minimum Gasteiger partial charge on any atom is -0.368 e. The fraction of sp³-hybridized carbons (Fsp3) is 0.500. The van der Waals surface area contributed by atoms with Crippen molar-refractivity contribution in [1.29, 1.82) is 0 Å². The number of alkyl halides is 5. The van der Waals surface area contributed by atoms with Crippen molar-refractivity contribution in [2.24, 2.45) is 11.7 Å². The summed E-state index contributed by atoms with van der Waals surface area (Å²) >= 11 is 0. The molecule has 1 unspecified atom stereocenters. The van der Waals surface area contributed by atoms with Crippen LogP contribution in [0.1, 0.15) is 59.2 Å². The highest BCUT2D eigenvalue weighted by atomic mass is 19.4. The highest BCUT2D eigenvalue weighted by molar-refractivity contribution is 5.94. The van der Waals surface area contributed by atoms with Crippen LogP contribution in [0.15, 0.2) is 18.2 Å². The second-order valence-electron chi connectivity index (χ2n) is 7.93. The van der Waals surface area contributed by atoms with Gasteiger partial charge in [0.1, 0.15) is 11.4 Å². The van der Waals surface area contributed by atoms with Gasteiger partial charge >= 0.3 is 6.18 Å². The third-order valence-corrected chi connectivity index (χ3v) is 5.51. The largest absolute Gasteiger partial charge is 0.420 e. The molecule has 1 heterocycles. The van der Waals surface area contributed by atoms with Crippen LogP contribution in [0.3, 0.4) is 0 Å². The van der Waals surface area contributed by atoms with Gasteiger partial charge in [-0.25, -0.2) is 13.2 Å². The molecule has 12 heteroatoms. The first-order valence-corrected chi connectivity index (χ1v) is 9.85. The van der Waals surface area contributed by atoms with Gasteiger partial charge < -0.3 is 16.2 Å². The summed E-state index contributed by atoms with van der Waals surface area (Å²) in [7, 11) is 0. The van der Waals surface area contributed by atoms with Gasteiger partial charge in [-0.3, -0.25) is 9.48 Å². The molecule has 176 valence electrons. The van der Waals surface area contributed by atoms with E-state index in [-0.39, 0.29) is 49.5 Å². The second kappa shape index (κ2) is 8.64. The molecule has 1 amide bonds. The Hall–Kier alpha value is -2.76. The predicted molar refractivity (Wildman–Crippen MR) is 102 cm³/mol.